The Kier molecular flexibility index (Phi) is 3.92. The lowest BCUT2D eigenvalue weighted by Gasteiger charge is -2.34. The number of fused-ring (bicyclic) bond motifs is 1. The number of carbonyl (C=O) groups is 1. The molecule has 2 aromatic rings. The molecule has 21 heavy (non-hydrogen) atoms. The molecule has 5 nitrogen and oxygen atoms in total. The van der Waals surface area contributed by atoms with E-state index in [-0.39, 0.29) is 5.91 Å². The van der Waals surface area contributed by atoms with Crippen LogP contribution in [0.4, 0.5) is 0 Å². The number of hydrogen-bond acceptors (Lipinski definition) is 3. The van der Waals surface area contributed by atoms with Crippen molar-refractivity contribution >= 4 is 16.9 Å². The fraction of sp³-hybridized carbons (Fsp3) is 0.500. The van der Waals surface area contributed by atoms with Gasteiger partial charge in [-0.15, -0.1) is 0 Å². The fourth-order valence-electron chi connectivity index (χ4n) is 3.19. The van der Waals surface area contributed by atoms with E-state index < -0.39 is 0 Å². The van der Waals surface area contributed by atoms with E-state index in [4.69, 9.17) is 0 Å². The molecule has 1 aliphatic rings. The van der Waals surface area contributed by atoms with E-state index in [2.05, 4.69) is 15.3 Å². The second-order valence-corrected chi connectivity index (χ2v) is 5.84. The summed E-state index contributed by atoms with van der Waals surface area (Å²) in [7, 11) is 3.93. The second kappa shape index (κ2) is 5.85. The van der Waals surface area contributed by atoms with Crippen molar-refractivity contribution in [3.63, 3.8) is 0 Å². The van der Waals surface area contributed by atoms with Gasteiger partial charge in [-0.05, 0) is 50.9 Å². The molecular formula is C16H22N4O. The number of imidazole rings is 1. The van der Waals surface area contributed by atoms with Crippen LogP contribution < -0.4 is 5.32 Å². The molecule has 1 saturated carbocycles. The summed E-state index contributed by atoms with van der Waals surface area (Å²) in [5, 5.41) is 3.33. The summed E-state index contributed by atoms with van der Waals surface area (Å²) in [6.07, 6.45) is 6.07. The zero-order chi connectivity index (χ0) is 14.8. The van der Waals surface area contributed by atoms with Gasteiger partial charge in [0.05, 0.1) is 17.4 Å². The van der Waals surface area contributed by atoms with Crippen LogP contribution in [-0.4, -0.2) is 47.0 Å². The number of carbonyl (C=O) groups excluding carboxylic acids is 1. The number of H-pyrrole nitrogens is 1. The van der Waals surface area contributed by atoms with E-state index in [1.165, 1.54) is 0 Å². The number of nitrogens with zero attached hydrogens (tertiary/aromatic N) is 2. The van der Waals surface area contributed by atoms with Crippen molar-refractivity contribution in [2.75, 3.05) is 14.1 Å². The van der Waals surface area contributed by atoms with E-state index >= 15 is 0 Å². The summed E-state index contributed by atoms with van der Waals surface area (Å²) in [6, 6.07) is 6.59. The number of rotatable bonds is 3. The highest BCUT2D eigenvalue weighted by molar-refractivity contribution is 5.97. The maximum atomic E-state index is 12.6. The summed E-state index contributed by atoms with van der Waals surface area (Å²) in [6.45, 7) is 0. The molecule has 112 valence electrons. The largest absolute Gasteiger partial charge is 0.345 e. The number of amides is 1. The van der Waals surface area contributed by atoms with Crippen molar-refractivity contribution in [2.24, 2.45) is 0 Å². The van der Waals surface area contributed by atoms with Crippen molar-refractivity contribution < 1.29 is 4.79 Å². The van der Waals surface area contributed by atoms with Gasteiger partial charge >= 0.3 is 0 Å². The lowest BCUT2D eigenvalue weighted by atomic mass is 9.90. The first kappa shape index (κ1) is 14.1. The lowest BCUT2D eigenvalue weighted by Crippen LogP contribution is -2.42. The van der Waals surface area contributed by atoms with Crippen molar-refractivity contribution in [1.29, 1.82) is 0 Å². The first-order valence-corrected chi connectivity index (χ1v) is 7.56. The third kappa shape index (κ3) is 2.78. The Morgan fingerprint density at radius 2 is 2.10 bits per heavy atom. The molecule has 0 spiro atoms. The molecular weight excluding hydrogens is 264 g/mol. The summed E-state index contributed by atoms with van der Waals surface area (Å²) < 4.78 is 0. The van der Waals surface area contributed by atoms with Gasteiger partial charge < -0.3 is 15.2 Å². The van der Waals surface area contributed by atoms with Gasteiger partial charge in [0.25, 0.3) is 5.91 Å². The smallest absolute Gasteiger partial charge is 0.253 e. The lowest BCUT2D eigenvalue weighted by molar-refractivity contribution is 0.0686. The highest BCUT2D eigenvalue weighted by Crippen LogP contribution is 2.24. The molecule has 0 bridgehead atoms. The highest BCUT2D eigenvalue weighted by Gasteiger charge is 2.26. The average molecular weight is 286 g/mol. The molecule has 1 aromatic carbocycles. The van der Waals surface area contributed by atoms with Gasteiger partial charge in [0, 0.05) is 24.7 Å². The number of aromatic nitrogens is 2. The van der Waals surface area contributed by atoms with Gasteiger partial charge in [0.15, 0.2) is 0 Å². The second-order valence-electron chi connectivity index (χ2n) is 5.84. The van der Waals surface area contributed by atoms with E-state index in [1.807, 2.05) is 37.2 Å². The topological polar surface area (TPSA) is 61.0 Å². The maximum absolute atomic E-state index is 12.6. The zero-order valence-corrected chi connectivity index (χ0v) is 12.6. The number of hydrogen-bond donors (Lipinski definition) is 2. The van der Waals surface area contributed by atoms with Crippen molar-refractivity contribution in [1.82, 2.24) is 20.2 Å². The molecule has 0 aliphatic heterocycles. The molecule has 1 aliphatic carbocycles. The Morgan fingerprint density at radius 1 is 1.33 bits per heavy atom. The van der Waals surface area contributed by atoms with E-state index in [0.717, 1.165) is 42.3 Å². The summed E-state index contributed by atoms with van der Waals surface area (Å²) in [5.41, 5.74) is 2.53. The number of nitrogens with one attached hydrogen (secondary N) is 2. The maximum Gasteiger partial charge on any atom is 0.253 e. The zero-order valence-electron chi connectivity index (χ0n) is 12.6. The highest BCUT2D eigenvalue weighted by atomic mass is 16.2. The fourth-order valence-corrected chi connectivity index (χ4v) is 3.19. The number of aromatic amines is 1. The predicted molar refractivity (Wildman–Crippen MR) is 83.3 cm³/mol. The summed E-state index contributed by atoms with van der Waals surface area (Å²) in [4.78, 5) is 21.8. The van der Waals surface area contributed by atoms with Crippen LogP contribution in [0.25, 0.3) is 11.0 Å². The van der Waals surface area contributed by atoms with Crippen molar-refractivity contribution in [3.8, 4) is 0 Å². The van der Waals surface area contributed by atoms with Crippen LogP contribution in [-0.2, 0) is 0 Å². The van der Waals surface area contributed by atoms with Crippen LogP contribution in [0.2, 0.25) is 0 Å². The van der Waals surface area contributed by atoms with Gasteiger partial charge in [-0.25, -0.2) is 4.98 Å². The first-order chi connectivity index (χ1) is 10.2. The van der Waals surface area contributed by atoms with Crippen LogP contribution in [0, 0.1) is 0 Å². The molecule has 2 N–H and O–H groups in total. The summed E-state index contributed by atoms with van der Waals surface area (Å²) in [5.74, 6) is 0.0967. The quantitative estimate of drug-likeness (QED) is 0.909. The predicted octanol–water partition coefficient (Wildman–Crippen LogP) is 2.17. The minimum absolute atomic E-state index is 0.0967. The Labute approximate surface area is 124 Å². The molecule has 1 heterocycles. The Morgan fingerprint density at radius 3 is 2.81 bits per heavy atom. The SMILES string of the molecule is CNC1CCC(N(C)C(=O)c2ccc3nc[nH]c3c2)CC1. The van der Waals surface area contributed by atoms with Gasteiger partial charge in [0.2, 0.25) is 0 Å². The van der Waals surface area contributed by atoms with Gasteiger partial charge in [-0.2, -0.15) is 0 Å². The Balaban J connectivity index is 1.72. The van der Waals surface area contributed by atoms with Crippen LogP contribution in [0.15, 0.2) is 24.5 Å². The van der Waals surface area contributed by atoms with Gasteiger partial charge in [-0.3, -0.25) is 4.79 Å². The standard InChI is InChI=1S/C16H22N4O/c1-17-12-4-6-13(7-5-12)20(2)16(21)11-3-8-14-15(9-11)19-10-18-14/h3,8-10,12-13,17H,4-7H2,1-2H3,(H,18,19). The van der Waals surface area contributed by atoms with Crippen LogP contribution in [0.5, 0.6) is 0 Å². The Hall–Kier alpha value is -1.88. The molecule has 0 radical (unpaired) electrons. The molecule has 1 aromatic heterocycles. The third-order valence-corrected chi connectivity index (χ3v) is 4.64. The van der Waals surface area contributed by atoms with Gasteiger partial charge in [0.1, 0.15) is 0 Å². The first-order valence-electron chi connectivity index (χ1n) is 7.56. The summed E-state index contributed by atoms with van der Waals surface area (Å²) >= 11 is 0. The van der Waals surface area contributed by atoms with Crippen LogP contribution in [0.3, 0.4) is 0 Å². The minimum Gasteiger partial charge on any atom is -0.345 e. The Bertz CT molecular complexity index is 628. The molecule has 0 unspecified atom stereocenters. The molecule has 3 rings (SSSR count). The van der Waals surface area contributed by atoms with Crippen LogP contribution in [0.1, 0.15) is 36.0 Å². The van der Waals surface area contributed by atoms with Crippen molar-refractivity contribution in [2.45, 2.75) is 37.8 Å². The van der Waals surface area contributed by atoms with E-state index in [1.54, 1.807) is 6.33 Å². The number of benzene rings is 1. The molecule has 0 atom stereocenters. The van der Waals surface area contributed by atoms with Crippen molar-refractivity contribution in [3.05, 3.63) is 30.1 Å². The minimum atomic E-state index is 0.0967. The monoisotopic (exact) mass is 286 g/mol. The molecule has 5 heteroatoms. The van der Waals surface area contributed by atoms with E-state index in [9.17, 15) is 4.79 Å². The normalized spacial score (nSPS) is 22.4. The third-order valence-electron chi connectivity index (χ3n) is 4.64. The van der Waals surface area contributed by atoms with Gasteiger partial charge in [-0.1, -0.05) is 0 Å². The van der Waals surface area contributed by atoms with E-state index in [0.29, 0.717) is 12.1 Å². The molecule has 1 amide bonds. The molecule has 1 fully saturated rings. The molecule has 0 saturated heterocycles. The van der Waals surface area contributed by atoms with Crippen LogP contribution >= 0.6 is 0 Å². The average Bonchev–Trinajstić information content (AvgIpc) is 3.01.